The fourth-order valence-electron chi connectivity index (χ4n) is 0.113. The van der Waals surface area contributed by atoms with E-state index in [2.05, 4.69) is 9.83 Å². The third-order valence-corrected chi connectivity index (χ3v) is 0.598. The SMILES string of the molecule is CN=C(C#N)NCl. The van der Waals surface area contributed by atoms with Gasteiger partial charge in [0.1, 0.15) is 6.07 Å². The van der Waals surface area contributed by atoms with Crippen LogP contribution in [0, 0.1) is 11.3 Å². The molecule has 0 aliphatic heterocycles. The van der Waals surface area contributed by atoms with Crippen molar-refractivity contribution in [2.75, 3.05) is 7.05 Å². The van der Waals surface area contributed by atoms with E-state index in [0.29, 0.717) is 0 Å². The lowest BCUT2D eigenvalue weighted by Gasteiger charge is -1.83. The molecule has 0 aromatic carbocycles. The number of aliphatic imine (C=N–C) groups is 1. The lowest BCUT2D eigenvalue weighted by molar-refractivity contribution is 1.35. The van der Waals surface area contributed by atoms with E-state index in [9.17, 15) is 0 Å². The molecule has 0 aromatic heterocycles. The van der Waals surface area contributed by atoms with Crippen molar-refractivity contribution >= 4 is 17.6 Å². The number of nitrogens with zero attached hydrogens (tertiary/aromatic N) is 2. The standard InChI is InChI=1S/C3H4ClN3/c1-6-3(2-5)7-4/h1H3,(H,6,7). The Balaban J connectivity index is 3.68. The van der Waals surface area contributed by atoms with Crippen LogP contribution in [0.5, 0.6) is 0 Å². The van der Waals surface area contributed by atoms with Gasteiger partial charge in [-0.1, -0.05) is 0 Å². The summed E-state index contributed by atoms with van der Waals surface area (Å²) in [4.78, 5) is 5.50. The van der Waals surface area contributed by atoms with Crippen LogP contribution in [0.25, 0.3) is 0 Å². The minimum Gasteiger partial charge on any atom is -0.274 e. The summed E-state index contributed by atoms with van der Waals surface area (Å²) in [5.74, 6) is 0.127. The molecular formula is C3H4ClN3. The zero-order valence-corrected chi connectivity index (χ0v) is 4.53. The molecule has 0 saturated heterocycles. The first-order chi connectivity index (χ1) is 3.35. The molecule has 0 amide bonds. The summed E-state index contributed by atoms with van der Waals surface area (Å²) in [6.45, 7) is 0. The Kier molecular flexibility index (Phi) is 3.07. The van der Waals surface area contributed by atoms with Gasteiger partial charge in [-0.05, 0) is 0 Å². The monoisotopic (exact) mass is 117 g/mol. The van der Waals surface area contributed by atoms with Crippen molar-refractivity contribution in [2.45, 2.75) is 0 Å². The van der Waals surface area contributed by atoms with E-state index < -0.39 is 0 Å². The molecule has 0 fully saturated rings. The number of rotatable bonds is 0. The number of nitriles is 1. The molecule has 0 spiro atoms. The topological polar surface area (TPSA) is 48.2 Å². The molecule has 38 valence electrons. The lowest BCUT2D eigenvalue weighted by atomic mass is 10.7. The van der Waals surface area contributed by atoms with E-state index in [0.717, 1.165) is 0 Å². The third kappa shape index (κ3) is 2.01. The van der Waals surface area contributed by atoms with Crippen LogP contribution in [0.3, 0.4) is 0 Å². The third-order valence-electron chi connectivity index (χ3n) is 0.419. The molecule has 4 heteroatoms. The summed E-state index contributed by atoms with van der Waals surface area (Å²) >= 11 is 4.96. The second-order valence-corrected chi connectivity index (χ2v) is 0.967. The molecule has 0 atom stereocenters. The minimum absolute atomic E-state index is 0.127. The molecular weight excluding hydrogens is 114 g/mol. The molecule has 0 aliphatic carbocycles. The van der Waals surface area contributed by atoms with Crippen molar-refractivity contribution in [1.82, 2.24) is 4.84 Å². The van der Waals surface area contributed by atoms with E-state index in [4.69, 9.17) is 17.0 Å². The quantitative estimate of drug-likeness (QED) is 0.282. The average molecular weight is 118 g/mol. The molecule has 0 saturated carbocycles. The smallest absolute Gasteiger partial charge is 0.215 e. The number of hydrogen-bond donors (Lipinski definition) is 1. The Morgan fingerprint density at radius 1 is 2.00 bits per heavy atom. The fourth-order valence-corrected chi connectivity index (χ4v) is 0.240. The summed E-state index contributed by atoms with van der Waals surface area (Å²) in [6.07, 6.45) is 0. The van der Waals surface area contributed by atoms with Gasteiger partial charge < -0.3 is 0 Å². The summed E-state index contributed by atoms with van der Waals surface area (Å²) < 4.78 is 0. The number of amidine groups is 1. The van der Waals surface area contributed by atoms with Crippen molar-refractivity contribution in [3.63, 3.8) is 0 Å². The normalized spacial score (nSPS) is 10.1. The molecule has 0 rings (SSSR count). The van der Waals surface area contributed by atoms with E-state index in [-0.39, 0.29) is 5.84 Å². The van der Waals surface area contributed by atoms with Crippen LogP contribution in [-0.2, 0) is 0 Å². The molecule has 0 aliphatic rings. The predicted octanol–water partition coefficient (Wildman–Crippen LogP) is 0.282. The highest BCUT2D eigenvalue weighted by Gasteiger charge is 1.84. The maximum atomic E-state index is 8.00. The van der Waals surface area contributed by atoms with Crippen molar-refractivity contribution in [2.24, 2.45) is 4.99 Å². The first-order valence-corrected chi connectivity index (χ1v) is 1.96. The van der Waals surface area contributed by atoms with Gasteiger partial charge in [0.15, 0.2) is 0 Å². The van der Waals surface area contributed by atoms with Crippen LogP contribution in [0.1, 0.15) is 0 Å². The van der Waals surface area contributed by atoms with Crippen molar-refractivity contribution < 1.29 is 0 Å². The molecule has 0 heterocycles. The number of halogens is 1. The summed E-state index contributed by atoms with van der Waals surface area (Å²) in [7, 11) is 1.48. The highest BCUT2D eigenvalue weighted by atomic mass is 35.5. The number of nitrogens with one attached hydrogen (secondary N) is 1. The minimum atomic E-state index is 0.127. The molecule has 0 radical (unpaired) electrons. The maximum Gasteiger partial charge on any atom is 0.215 e. The van der Waals surface area contributed by atoms with Crippen LogP contribution >= 0.6 is 11.8 Å². The Morgan fingerprint density at radius 2 is 2.57 bits per heavy atom. The van der Waals surface area contributed by atoms with Crippen LogP contribution in [0.4, 0.5) is 0 Å². The lowest BCUT2D eigenvalue weighted by Crippen LogP contribution is -2.08. The largest absolute Gasteiger partial charge is 0.274 e. The Hall–Kier alpha value is -0.750. The van der Waals surface area contributed by atoms with Gasteiger partial charge in [0, 0.05) is 18.8 Å². The Bertz CT molecular complexity index is 112. The van der Waals surface area contributed by atoms with Crippen LogP contribution in [0.15, 0.2) is 4.99 Å². The van der Waals surface area contributed by atoms with Gasteiger partial charge in [-0.2, -0.15) is 5.26 Å². The van der Waals surface area contributed by atoms with Crippen molar-refractivity contribution in [3.05, 3.63) is 0 Å². The summed E-state index contributed by atoms with van der Waals surface area (Å²) in [5.41, 5.74) is 0. The molecule has 0 aromatic rings. The van der Waals surface area contributed by atoms with Gasteiger partial charge in [0.2, 0.25) is 5.84 Å². The van der Waals surface area contributed by atoms with E-state index in [1.54, 1.807) is 6.07 Å². The zero-order valence-electron chi connectivity index (χ0n) is 3.77. The molecule has 1 N–H and O–H groups in total. The second-order valence-electron chi connectivity index (χ2n) is 0.779. The van der Waals surface area contributed by atoms with Gasteiger partial charge >= 0.3 is 0 Å². The number of hydrogen-bond acceptors (Lipinski definition) is 2. The van der Waals surface area contributed by atoms with E-state index in [1.807, 2.05) is 0 Å². The first kappa shape index (κ1) is 6.25. The highest BCUT2D eigenvalue weighted by Crippen LogP contribution is 1.67. The van der Waals surface area contributed by atoms with Gasteiger partial charge in [0.05, 0.1) is 0 Å². The van der Waals surface area contributed by atoms with Crippen LogP contribution in [0.2, 0.25) is 0 Å². The maximum absolute atomic E-state index is 8.00. The Morgan fingerprint density at radius 3 is 2.57 bits per heavy atom. The predicted molar refractivity (Wildman–Crippen MR) is 28.0 cm³/mol. The van der Waals surface area contributed by atoms with Crippen LogP contribution < -0.4 is 4.84 Å². The van der Waals surface area contributed by atoms with Crippen molar-refractivity contribution in [1.29, 1.82) is 5.26 Å². The Labute approximate surface area is 46.7 Å². The van der Waals surface area contributed by atoms with E-state index in [1.165, 1.54) is 7.05 Å². The van der Waals surface area contributed by atoms with Gasteiger partial charge in [0.25, 0.3) is 0 Å². The molecule has 0 unspecified atom stereocenters. The first-order valence-electron chi connectivity index (χ1n) is 1.58. The summed E-state index contributed by atoms with van der Waals surface area (Å²) in [6, 6.07) is 1.71. The fraction of sp³-hybridized carbons (Fsp3) is 0.333. The molecule has 3 nitrogen and oxygen atoms in total. The second kappa shape index (κ2) is 3.44. The van der Waals surface area contributed by atoms with Gasteiger partial charge in [-0.3, -0.25) is 9.83 Å². The van der Waals surface area contributed by atoms with Crippen LogP contribution in [-0.4, -0.2) is 12.9 Å². The zero-order chi connectivity index (χ0) is 5.70. The van der Waals surface area contributed by atoms with Gasteiger partial charge in [-0.15, -0.1) is 0 Å². The highest BCUT2D eigenvalue weighted by molar-refractivity contribution is 6.25. The van der Waals surface area contributed by atoms with Crippen molar-refractivity contribution in [3.8, 4) is 6.07 Å². The molecule has 7 heavy (non-hydrogen) atoms. The summed E-state index contributed by atoms with van der Waals surface area (Å²) in [5, 5.41) is 8.00. The van der Waals surface area contributed by atoms with Gasteiger partial charge in [-0.25, -0.2) is 0 Å². The van der Waals surface area contributed by atoms with E-state index >= 15 is 0 Å². The average Bonchev–Trinajstić information content (AvgIpc) is 1.72. The molecule has 0 bridgehead atoms.